The van der Waals surface area contributed by atoms with Gasteiger partial charge in [0.05, 0.1) is 7.11 Å². The minimum absolute atomic E-state index is 0.0684. The molecule has 0 bridgehead atoms. The van der Waals surface area contributed by atoms with Crippen molar-refractivity contribution in [2.24, 2.45) is 5.73 Å². The lowest BCUT2D eigenvalue weighted by molar-refractivity contribution is -0.134. The second kappa shape index (κ2) is 8.05. The third-order valence-corrected chi connectivity index (χ3v) is 3.74. The number of aliphatic carboxylic acids is 1. The van der Waals surface area contributed by atoms with Gasteiger partial charge in [-0.15, -0.1) is 0 Å². The van der Waals surface area contributed by atoms with E-state index < -0.39 is 5.97 Å². The van der Waals surface area contributed by atoms with Crippen LogP contribution < -0.4 is 21.1 Å². The van der Waals surface area contributed by atoms with Crippen LogP contribution in [0.3, 0.4) is 0 Å². The van der Waals surface area contributed by atoms with Crippen molar-refractivity contribution in [1.82, 2.24) is 0 Å². The van der Waals surface area contributed by atoms with Crippen molar-refractivity contribution in [3.8, 4) is 5.75 Å². The Morgan fingerprint density at radius 2 is 2.00 bits per heavy atom. The fraction of sp³-hybridized carbons (Fsp3) is 0.222. The fourth-order valence-electron chi connectivity index (χ4n) is 2.36. The molecular weight excluding hydrogens is 320 g/mol. The van der Waals surface area contributed by atoms with Crippen LogP contribution in [0.15, 0.2) is 36.4 Å². The maximum absolute atomic E-state index is 10.8. The number of methoxy groups -OCH3 is 1. The van der Waals surface area contributed by atoms with Crippen molar-refractivity contribution < 1.29 is 14.6 Å². The Morgan fingerprint density at radius 1 is 1.24 bits per heavy atom. The molecule has 0 saturated carbocycles. The van der Waals surface area contributed by atoms with Crippen LogP contribution in [-0.2, 0) is 11.3 Å². The normalized spacial score (nSPS) is 10.2. The Kier molecular flexibility index (Phi) is 5.84. The van der Waals surface area contributed by atoms with E-state index in [2.05, 4.69) is 10.6 Å². The summed E-state index contributed by atoms with van der Waals surface area (Å²) in [6, 6.07) is 11.1. The molecule has 0 aromatic heterocycles. The van der Waals surface area contributed by atoms with Gasteiger partial charge in [0, 0.05) is 29.5 Å². The van der Waals surface area contributed by atoms with E-state index in [1.165, 1.54) is 0 Å². The lowest BCUT2D eigenvalue weighted by atomic mass is 10.1. The van der Waals surface area contributed by atoms with Crippen LogP contribution in [-0.4, -0.2) is 30.6 Å². The molecule has 2 aromatic rings. The molecule has 6 N–H and O–H groups in total. The van der Waals surface area contributed by atoms with Gasteiger partial charge in [0.2, 0.25) is 0 Å². The van der Waals surface area contributed by atoms with Gasteiger partial charge in [-0.2, -0.15) is 0 Å². The number of hydrogen-bond acceptors (Lipinski definition) is 5. The van der Waals surface area contributed by atoms with Crippen LogP contribution in [0.5, 0.6) is 5.75 Å². The van der Waals surface area contributed by atoms with Crippen LogP contribution in [0.2, 0.25) is 0 Å². The highest BCUT2D eigenvalue weighted by Gasteiger charge is 2.08. The Bertz CT molecular complexity index is 790. The van der Waals surface area contributed by atoms with Crippen molar-refractivity contribution in [1.29, 1.82) is 5.41 Å². The molecule has 25 heavy (non-hydrogen) atoms. The van der Waals surface area contributed by atoms with E-state index in [0.29, 0.717) is 17.8 Å². The van der Waals surface area contributed by atoms with E-state index in [0.717, 1.165) is 22.6 Å². The van der Waals surface area contributed by atoms with Crippen LogP contribution in [0.1, 0.15) is 16.7 Å². The van der Waals surface area contributed by atoms with Gasteiger partial charge >= 0.3 is 5.97 Å². The van der Waals surface area contributed by atoms with E-state index in [1.807, 2.05) is 31.2 Å². The number of nitrogen functional groups attached to an aromatic ring is 1. The summed E-state index contributed by atoms with van der Waals surface area (Å²) in [7, 11) is 1.63. The highest BCUT2D eigenvalue weighted by atomic mass is 16.5. The molecule has 7 heteroatoms. The number of anilines is 2. The zero-order valence-electron chi connectivity index (χ0n) is 14.2. The number of amidine groups is 1. The first-order chi connectivity index (χ1) is 11.9. The van der Waals surface area contributed by atoms with Gasteiger partial charge in [-0.1, -0.05) is 18.2 Å². The summed E-state index contributed by atoms with van der Waals surface area (Å²) >= 11 is 0. The molecule has 132 valence electrons. The Morgan fingerprint density at radius 3 is 2.64 bits per heavy atom. The summed E-state index contributed by atoms with van der Waals surface area (Å²) in [5, 5.41) is 22.5. The SMILES string of the molecule is COc1cc(NCc2ccc(C(=N)N)cc2NCC(=O)O)ccc1C. The van der Waals surface area contributed by atoms with Gasteiger partial charge < -0.3 is 26.2 Å². The summed E-state index contributed by atoms with van der Waals surface area (Å²) in [5.41, 5.74) is 9.47. The maximum atomic E-state index is 10.8. The molecule has 0 atom stereocenters. The van der Waals surface area contributed by atoms with Crippen molar-refractivity contribution in [2.45, 2.75) is 13.5 Å². The minimum Gasteiger partial charge on any atom is -0.496 e. The highest BCUT2D eigenvalue weighted by Crippen LogP contribution is 2.24. The predicted molar refractivity (Wildman–Crippen MR) is 98.6 cm³/mol. The van der Waals surface area contributed by atoms with Crippen molar-refractivity contribution in [2.75, 3.05) is 24.3 Å². The van der Waals surface area contributed by atoms with E-state index >= 15 is 0 Å². The first-order valence-corrected chi connectivity index (χ1v) is 7.72. The van der Waals surface area contributed by atoms with Gasteiger partial charge in [-0.05, 0) is 30.2 Å². The molecular formula is C18H22N4O3. The molecule has 0 radical (unpaired) electrons. The topological polar surface area (TPSA) is 120 Å². The molecule has 2 rings (SSSR count). The second-order valence-corrected chi connectivity index (χ2v) is 5.57. The van der Waals surface area contributed by atoms with Gasteiger partial charge in [-0.25, -0.2) is 0 Å². The van der Waals surface area contributed by atoms with E-state index in [-0.39, 0.29) is 12.4 Å². The first kappa shape index (κ1) is 18.1. The minimum atomic E-state index is -0.963. The summed E-state index contributed by atoms with van der Waals surface area (Å²) in [6.07, 6.45) is 0. The highest BCUT2D eigenvalue weighted by molar-refractivity contribution is 5.96. The number of carboxylic acid groups (broad SMARTS) is 1. The molecule has 0 aliphatic heterocycles. The average Bonchev–Trinajstić information content (AvgIpc) is 2.59. The summed E-state index contributed by atoms with van der Waals surface area (Å²) < 4.78 is 5.31. The molecule has 7 nitrogen and oxygen atoms in total. The maximum Gasteiger partial charge on any atom is 0.322 e. The Labute approximate surface area is 146 Å². The van der Waals surface area contributed by atoms with Crippen LogP contribution in [0.4, 0.5) is 11.4 Å². The van der Waals surface area contributed by atoms with E-state index in [4.69, 9.17) is 21.0 Å². The largest absolute Gasteiger partial charge is 0.496 e. The molecule has 0 heterocycles. The van der Waals surface area contributed by atoms with Crippen molar-refractivity contribution in [3.63, 3.8) is 0 Å². The molecule has 2 aromatic carbocycles. The smallest absolute Gasteiger partial charge is 0.322 e. The average molecular weight is 342 g/mol. The van der Waals surface area contributed by atoms with Crippen molar-refractivity contribution in [3.05, 3.63) is 53.1 Å². The predicted octanol–water partition coefficient (Wildman–Crippen LogP) is 2.40. The van der Waals surface area contributed by atoms with Crippen LogP contribution >= 0.6 is 0 Å². The quantitative estimate of drug-likeness (QED) is 0.371. The summed E-state index contributed by atoms with van der Waals surface area (Å²) in [5.74, 6) is -0.238. The standard InChI is InChI=1S/C18H22N4O3/c1-11-3-6-14(8-16(11)25-2)21-9-13-5-4-12(18(19)20)7-15(13)22-10-17(23)24/h3-8,21-22H,9-10H2,1-2H3,(H3,19,20)(H,23,24). The van der Waals surface area contributed by atoms with Crippen molar-refractivity contribution >= 4 is 23.2 Å². The number of benzene rings is 2. The number of ether oxygens (including phenoxy) is 1. The Hall–Kier alpha value is -3.22. The number of nitrogens with two attached hydrogens (primary N) is 1. The molecule has 0 spiro atoms. The monoisotopic (exact) mass is 342 g/mol. The molecule has 0 aliphatic carbocycles. The van der Waals surface area contributed by atoms with Crippen LogP contribution in [0, 0.1) is 12.3 Å². The second-order valence-electron chi connectivity index (χ2n) is 5.57. The number of rotatable bonds is 8. The molecule has 0 amide bonds. The van der Waals surface area contributed by atoms with Crippen LogP contribution in [0.25, 0.3) is 0 Å². The zero-order chi connectivity index (χ0) is 18.4. The Balaban J connectivity index is 2.19. The molecule has 0 unspecified atom stereocenters. The van der Waals surface area contributed by atoms with Gasteiger partial charge in [-0.3, -0.25) is 10.2 Å². The zero-order valence-corrected chi connectivity index (χ0v) is 14.2. The summed E-state index contributed by atoms with van der Waals surface area (Å²) in [6.45, 7) is 2.23. The molecule has 0 aliphatic rings. The number of nitrogens with one attached hydrogen (secondary N) is 3. The number of aryl methyl sites for hydroxylation is 1. The number of hydrogen-bond donors (Lipinski definition) is 5. The summed E-state index contributed by atoms with van der Waals surface area (Å²) in [4.78, 5) is 10.8. The lowest BCUT2D eigenvalue weighted by Gasteiger charge is -2.15. The van der Waals surface area contributed by atoms with Gasteiger partial charge in [0.1, 0.15) is 18.1 Å². The lowest BCUT2D eigenvalue weighted by Crippen LogP contribution is -2.16. The fourth-order valence-corrected chi connectivity index (χ4v) is 2.36. The van der Waals surface area contributed by atoms with Gasteiger partial charge in [0.15, 0.2) is 0 Å². The third kappa shape index (κ3) is 4.87. The first-order valence-electron chi connectivity index (χ1n) is 7.72. The van der Waals surface area contributed by atoms with E-state index in [1.54, 1.807) is 19.2 Å². The third-order valence-electron chi connectivity index (χ3n) is 3.74. The molecule has 0 fully saturated rings. The van der Waals surface area contributed by atoms with Gasteiger partial charge in [0.25, 0.3) is 0 Å². The van der Waals surface area contributed by atoms with E-state index in [9.17, 15) is 4.79 Å². The number of carboxylic acids is 1. The number of carbonyl (C=O) groups is 1. The molecule has 0 saturated heterocycles.